The maximum absolute atomic E-state index is 12.8. The van der Waals surface area contributed by atoms with Gasteiger partial charge in [-0.25, -0.2) is 9.97 Å². The van der Waals surface area contributed by atoms with Gasteiger partial charge in [0, 0.05) is 63.0 Å². The normalized spacial score (nSPS) is 12.9. The molecule has 0 unspecified atom stereocenters. The van der Waals surface area contributed by atoms with Crippen molar-refractivity contribution in [3.8, 4) is 11.6 Å². The molecule has 0 bridgehead atoms. The van der Waals surface area contributed by atoms with Gasteiger partial charge in [0.15, 0.2) is 0 Å². The lowest BCUT2D eigenvalue weighted by Crippen LogP contribution is -2.48. The van der Waals surface area contributed by atoms with Crippen LogP contribution in [0.3, 0.4) is 0 Å². The zero-order chi connectivity index (χ0) is 31.2. The standard InChI is InChI=1S/C33H30Cl2N6O3S.2ClH/c34-27-8-2-23(18-28(27)35)33(43)39-25-5-10-31(37-19-25)44-26-6-3-24(4-7-26)36-12-11-32(42)41-15-13-40(14-16-41)20-22-1-9-29-30(17-22)45-21-38-29;;/h1-10,17-19,21,36H,11-16,20H2,(H,39,43);2*1H. The molecule has 5 aromatic rings. The quantitative estimate of drug-likeness (QED) is 0.150. The molecule has 0 saturated carbocycles. The summed E-state index contributed by atoms with van der Waals surface area (Å²) in [6.45, 7) is 4.65. The van der Waals surface area contributed by atoms with Crippen LogP contribution in [-0.2, 0) is 11.3 Å². The van der Waals surface area contributed by atoms with Crippen LogP contribution in [0.4, 0.5) is 11.4 Å². The monoisotopic (exact) mass is 732 g/mol. The zero-order valence-corrected chi connectivity index (χ0v) is 29.0. The Morgan fingerprint density at radius 1 is 0.851 bits per heavy atom. The summed E-state index contributed by atoms with van der Waals surface area (Å²) in [5.41, 5.74) is 6.00. The number of hydrogen-bond donors (Lipinski definition) is 2. The number of anilines is 2. The third kappa shape index (κ3) is 9.70. The number of fused-ring (bicyclic) bond motifs is 1. The maximum Gasteiger partial charge on any atom is 0.255 e. The number of pyridine rings is 1. The van der Waals surface area contributed by atoms with E-state index in [4.69, 9.17) is 27.9 Å². The lowest BCUT2D eigenvalue weighted by atomic mass is 10.2. The van der Waals surface area contributed by atoms with E-state index in [0.29, 0.717) is 45.9 Å². The Bertz CT molecular complexity index is 1800. The van der Waals surface area contributed by atoms with Crippen LogP contribution in [-0.4, -0.2) is 64.3 Å². The molecule has 6 rings (SSSR count). The molecule has 0 radical (unpaired) electrons. The minimum absolute atomic E-state index is 0. The Morgan fingerprint density at radius 2 is 1.62 bits per heavy atom. The number of carbonyl (C=O) groups excluding carboxylic acids is 2. The first kappa shape index (κ1) is 36.2. The molecule has 2 N–H and O–H groups in total. The largest absolute Gasteiger partial charge is 0.439 e. The first-order chi connectivity index (χ1) is 21.9. The Labute approximate surface area is 299 Å². The number of aromatic nitrogens is 2. The molecule has 0 spiro atoms. The summed E-state index contributed by atoms with van der Waals surface area (Å²) < 4.78 is 7.05. The summed E-state index contributed by atoms with van der Waals surface area (Å²) in [4.78, 5) is 38.3. The third-order valence-electron chi connectivity index (χ3n) is 7.45. The van der Waals surface area contributed by atoms with E-state index in [9.17, 15) is 9.59 Å². The number of carbonyl (C=O) groups is 2. The van der Waals surface area contributed by atoms with Gasteiger partial charge in [0.2, 0.25) is 11.8 Å². The van der Waals surface area contributed by atoms with Crippen LogP contribution < -0.4 is 15.4 Å². The summed E-state index contributed by atoms with van der Waals surface area (Å²) in [6.07, 6.45) is 1.94. The Kier molecular flexibility index (Phi) is 13.1. The average molecular weight is 735 g/mol. The van der Waals surface area contributed by atoms with E-state index < -0.39 is 0 Å². The average Bonchev–Trinajstić information content (AvgIpc) is 3.52. The van der Waals surface area contributed by atoms with Gasteiger partial charge in [-0.05, 0) is 66.2 Å². The lowest BCUT2D eigenvalue weighted by Gasteiger charge is -2.34. The molecule has 2 amide bonds. The van der Waals surface area contributed by atoms with Crippen molar-refractivity contribution in [2.24, 2.45) is 0 Å². The van der Waals surface area contributed by atoms with Crippen molar-refractivity contribution >= 4 is 92.8 Å². The molecule has 14 heteroatoms. The second kappa shape index (κ2) is 17.0. The summed E-state index contributed by atoms with van der Waals surface area (Å²) in [7, 11) is 0. The van der Waals surface area contributed by atoms with E-state index in [0.717, 1.165) is 43.9 Å². The van der Waals surface area contributed by atoms with Gasteiger partial charge in [-0.1, -0.05) is 29.3 Å². The van der Waals surface area contributed by atoms with Crippen LogP contribution in [0.2, 0.25) is 10.0 Å². The van der Waals surface area contributed by atoms with Crippen molar-refractivity contribution in [3.05, 3.63) is 106 Å². The fraction of sp³-hybridized carbons (Fsp3) is 0.212. The summed E-state index contributed by atoms with van der Waals surface area (Å²) >= 11 is 13.6. The highest BCUT2D eigenvalue weighted by atomic mass is 35.5. The number of amides is 2. The molecule has 3 aromatic carbocycles. The molecule has 1 aliphatic rings. The van der Waals surface area contributed by atoms with Gasteiger partial charge in [-0.15, -0.1) is 36.2 Å². The fourth-order valence-electron chi connectivity index (χ4n) is 5.00. The highest BCUT2D eigenvalue weighted by molar-refractivity contribution is 7.16. The molecule has 3 heterocycles. The van der Waals surface area contributed by atoms with Crippen LogP contribution in [0.1, 0.15) is 22.3 Å². The molecule has 9 nitrogen and oxygen atoms in total. The maximum atomic E-state index is 12.8. The lowest BCUT2D eigenvalue weighted by molar-refractivity contribution is -0.132. The second-order valence-corrected chi connectivity index (χ2v) is 12.3. The number of piperazine rings is 1. The van der Waals surface area contributed by atoms with E-state index in [-0.39, 0.29) is 36.6 Å². The molecule has 1 saturated heterocycles. The van der Waals surface area contributed by atoms with E-state index in [2.05, 4.69) is 43.7 Å². The van der Waals surface area contributed by atoms with Crippen molar-refractivity contribution in [2.75, 3.05) is 43.4 Å². The van der Waals surface area contributed by atoms with Crippen molar-refractivity contribution in [3.63, 3.8) is 0 Å². The second-order valence-electron chi connectivity index (χ2n) is 10.6. The van der Waals surface area contributed by atoms with Gasteiger partial charge in [0.25, 0.3) is 5.91 Å². The van der Waals surface area contributed by atoms with Gasteiger partial charge in [-0.2, -0.15) is 0 Å². The molecule has 0 aliphatic carbocycles. The van der Waals surface area contributed by atoms with E-state index in [1.165, 1.54) is 22.5 Å². The number of ether oxygens (including phenoxy) is 1. The third-order valence-corrected chi connectivity index (χ3v) is 8.98. The number of halogens is 4. The van der Waals surface area contributed by atoms with Crippen molar-refractivity contribution in [1.82, 2.24) is 19.8 Å². The Morgan fingerprint density at radius 3 is 2.34 bits per heavy atom. The minimum atomic E-state index is -0.326. The van der Waals surface area contributed by atoms with Gasteiger partial charge < -0.3 is 20.3 Å². The fourth-order valence-corrected chi connectivity index (χ4v) is 6.04. The summed E-state index contributed by atoms with van der Waals surface area (Å²) in [5.74, 6) is 0.834. The van der Waals surface area contributed by atoms with Gasteiger partial charge in [0.1, 0.15) is 5.75 Å². The highest BCUT2D eigenvalue weighted by Gasteiger charge is 2.21. The molecule has 0 atom stereocenters. The minimum Gasteiger partial charge on any atom is -0.439 e. The number of benzene rings is 3. The number of hydrogen-bond acceptors (Lipinski definition) is 8. The smallest absolute Gasteiger partial charge is 0.255 e. The Balaban J connectivity index is 0.00000250. The first-order valence-corrected chi connectivity index (χ1v) is 16.1. The number of rotatable bonds is 10. The van der Waals surface area contributed by atoms with E-state index >= 15 is 0 Å². The molecule has 47 heavy (non-hydrogen) atoms. The number of nitrogens with one attached hydrogen (secondary N) is 2. The van der Waals surface area contributed by atoms with Crippen LogP contribution >= 0.6 is 59.4 Å². The van der Waals surface area contributed by atoms with Crippen molar-refractivity contribution in [2.45, 2.75) is 13.0 Å². The van der Waals surface area contributed by atoms with Crippen molar-refractivity contribution < 1.29 is 14.3 Å². The van der Waals surface area contributed by atoms with Crippen LogP contribution in [0, 0.1) is 0 Å². The van der Waals surface area contributed by atoms with Crippen LogP contribution in [0.15, 0.2) is 84.5 Å². The van der Waals surface area contributed by atoms with Gasteiger partial charge in [-0.3, -0.25) is 14.5 Å². The summed E-state index contributed by atoms with van der Waals surface area (Å²) in [5, 5.41) is 6.78. The summed E-state index contributed by atoms with van der Waals surface area (Å²) in [6, 6.07) is 21.9. The van der Waals surface area contributed by atoms with Crippen molar-refractivity contribution in [1.29, 1.82) is 0 Å². The predicted octanol–water partition coefficient (Wildman–Crippen LogP) is 8.03. The molecular formula is C33H32Cl4N6O3S. The first-order valence-electron chi connectivity index (χ1n) is 14.5. The SMILES string of the molecule is Cl.Cl.O=C(Nc1ccc(Oc2ccc(NCCC(=O)N3CCN(Cc4ccc5ncsc5c4)CC3)cc2)nc1)c1ccc(Cl)c(Cl)c1. The van der Waals surface area contributed by atoms with Gasteiger partial charge >= 0.3 is 0 Å². The molecule has 246 valence electrons. The number of nitrogens with zero attached hydrogens (tertiary/aromatic N) is 4. The van der Waals surface area contributed by atoms with E-state index in [1.54, 1.807) is 35.6 Å². The van der Waals surface area contributed by atoms with E-state index in [1.807, 2.05) is 34.7 Å². The van der Waals surface area contributed by atoms with Gasteiger partial charge in [0.05, 0.1) is 37.7 Å². The predicted molar refractivity (Wildman–Crippen MR) is 194 cm³/mol. The molecular weight excluding hydrogens is 702 g/mol. The zero-order valence-electron chi connectivity index (χ0n) is 25.0. The molecule has 1 fully saturated rings. The molecule has 1 aliphatic heterocycles. The van der Waals surface area contributed by atoms with Crippen LogP contribution in [0.5, 0.6) is 11.6 Å². The topological polar surface area (TPSA) is 99.7 Å². The molecule has 2 aromatic heterocycles. The highest BCUT2D eigenvalue weighted by Crippen LogP contribution is 2.25. The van der Waals surface area contributed by atoms with Crippen LogP contribution in [0.25, 0.3) is 10.2 Å². The Hall–Kier alpha value is -3.64. The number of thiazole rings is 1.